The molecule has 0 radical (unpaired) electrons. The Morgan fingerprint density at radius 2 is 2.09 bits per heavy atom. The van der Waals surface area contributed by atoms with Crippen molar-refractivity contribution in [1.29, 1.82) is 0 Å². The van der Waals surface area contributed by atoms with Gasteiger partial charge in [-0.2, -0.15) is 0 Å². The Morgan fingerprint density at radius 3 is 2.83 bits per heavy atom. The molecular formula is C19H27NO3. The Labute approximate surface area is 138 Å². The average Bonchev–Trinajstić information content (AvgIpc) is 2.57. The zero-order valence-corrected chi connectivity index (χ0v) is 14.3. The molecule has 1 heterocycles. The number of piperidine rings is 1. The molecule has 0 amide bonds. The van der Waals surface area contributed by atoms with Crippen molar-refractivity contribution in [3.63, 3.8) is 0 Å². The standard InChI is InChI=1S/C19H27NO3/c1-20-9-8-19-7-6-13(22-2)11-14(19)15(20)10-12-4-5-16(23-3)18(21)17(12)19/h4-5,13-15,21H,6-11H2,1-3H3/t13?,14?,15?,19-/m0/s1. The van der Waals surface area contributed by atoms with Crippen molar-refractivity contribution >= 4 is 0 Å². The Hall–Kier alpha value is -1.26. The number of phenolic OH excluding ortho intramolecular Hbond substituents is 1. The number of rotatable bonds is 2. The summed E-state index contributed by atoms with van der Waals surface area (Å²) in [4.78, 5) is 2.52. The van der Waals surface area contributed by atoms with Crippen LogP contribution in [-0.2, 0) is 16.6 Å². The first kappa shape index (κ1) is 15.3. The van der Waals surface area contributed by atoms with E-state index in [1.807, 2.05) is 13.2 Å². The van der Waals surface area contributed by atoms with E-state index in [9.17, 15) is 5.11 Å². The van der Waals surface area contributed by atoms with E-state index in [1.54, 1.807) is 7.11 Å². The molecule has 2 bridgehead atoms. The van der Waals surface area contributed by atoms with Gasteiger partial charge in [0.25, 0.3) is 0 Å². The number of methoxy groups -OCH3 is 2. The number of nitrogens with zero attached hydrogens (tertiary/aromatic N) is 1. The summed E-state index contributed by atoms with van der Waals surface area (Å²) in [5.74, 6) is 1.56. The fourth-order valence-corrected chi connectivity index (χ4v) is 5.59. The van der Waals surface area contributed by atoms with E-state index < -0.39 is 0 Å². The number of hydrogen-bond acceptors (Lipinski definition) is 4. The molecule has 23 heavy (non-hydrogen) atoms. The molecule has 3 aliphatic rings. The molecule has 4 rings (SSSR count). The van der Waals surface area contributed by atoms with E-state index in [2.05, 4.69) is 18.0 Å². The molecule has 3 unspecified atom stereocenters. The highest BCUT2D eigenvalue weighted by molar-refractivity contribution is 5.56. The van der Waals surface area contributed by atoms with Crippen LogP contribution in [0.2, 0.25) is 0 Å². The van der Waals surface area contributed by atoms with Gasteiger partial charge in [-0.3, -0.25) is 0 Å². The molecule has 1 saturated carbocycles. The Bertz CT molecular complexity index is 617. The minimum Gasteiger partial charge on any atom is -0.504 e. The zero-order valence-electron chi connectivity index (χ0n) is 14.3. The summed E-state index contributed by atoms with van der Waals surface area (Å²) in [6.45, 7) is 1.11. The van der Waals surface area contributed by atoms with E-state index in [1.165, 1.54) is 11.1 Å². The van der Waals surface area contributed by atoms with Crippen molar-refractivity contribution in [3.05, 3.63) is 23.3 Å². The smallest absolute Gasteiger partial charge is 0.161 e. The summed E-state index contributed by atoms with van der Waals surface area (Å²) in [7, 11) is 5.72. The molecule has 1 saturated heterocycles. The number of likely N-dealkylation sites (N-methyl/N-ethyl adjacent to an activating group) is 1. The lowest BCUT2D eigenvalue weighted by molar-refractivity contribution is -0.0532. The van der Waals surface area contributed by atoms with Crippen molar-refractivity contribution in [2.75, 3.05) is 27.8 Å². The van der Waals surface area contributed by atoms with Gasteiger partial charge in [-0.1, -0.05) is 6.07 Å². The number of ether oxygens (including phenoxy) is 2. The maximum absolute atomic E-state index is 10.9. The van der Waals surface area contributed by atoms with Gasteiger partial charge in [-0.25, -0.2) is 0 Å². The van der Waals surface area contributed by atoms with Crippen molar-refractivity contribution in [3.8, 4) is 11.5 Å². The number of hydrogen-bond donors (Lipinski definition) is 1. The molecule has 2 aliphatic carbocycles. The lowest BCUT2D eigenvalue weighted by Crippen LogP contribution is -2.61. The Kier molecular flexibility index (Phi) is 3.58. The van der Waals surface area contributed by atoms with E-state index in [4.69, 9.17) is 9.47 Å². The normalized spacial score (nSPS) is 36.2. The second kappa shape index (κ2) is 5.38. The molecule has 1 N–H and O–H groups in total. The van der Waals surface area contributed by atoms with Crippen LogP contribution in [0.25, 0.3) is 0 Å². The topological polar surface area (TPSA) is 41.9 Å². The first-order valence-corrected chi connectivity index (χ1v) is 8.73. The predicted octanol–water partition coefficient (Wildman–Crippen LogP) is 2.71. The summed E-state index contributed by atoms with van der Waals surface area (Å²) in [6, 6.07) is 4.64. The molecule has 1 aliphatic heterocycles. The number of likely N-dealkylation sites (tertiary alicyclic amines) is 1. The van der Waals surface area contributed by atoms with Crippen LogP contribution >= 0.6 is 0 Å². The highest BCUT2D eigenvalue weighted by Gasteiger charge is 2.56. The minimum absolute atomic E-state index is 0.0956. The molecule has 1 aromatic rings. The number of phenols is 1. The average molecular weight is 317 g/mol. The summed E-state index contributed by atoms with van der Waals surface area (Å²) in [5, 5.41) is 10.9. The molecule has 126 valence electrons. The highest BCUT2D eigenvalue weighted by atomic mass is 16.5. The minimum atomic E-state index is 0.0956. The molecular weight excluding hydrogens is 290 g/mol. The van der Waals surface area contributed by atoms with Crippen LogP contribution < -0.4 is 4.74 Å². The van der Waals surface area contributed by atoms with Crippen LogP contribution in [0.1, 0.15) is 36.8 Å². The van der Waals surface area contributed by atoms with E-state index in [0.717, 1.165) is 38.6 Å². The monoisotopic (exact) mass is 317 g/mol. The van der Waals surface area contributed by atoms with Crippen molar-refractivity contribution < 1.29 is 14.6 Å². The molecule has 4 atom stereocenters. The molecule has 4 heteroatoms. The van der Waals surface area contributed by atoms with Crippen LogP contribution in [0.4, 0.5) is 0 Å². The molecule has 0 spiro atoms. The van der Waals surface area contributed by atoms with Crippen molar-refractivity contribution in [2.24, 2.45) is 5.92 Å². The fraction of sp³-hybridized carbons (Fsp3) is 0.684. The largest absolute Gasteiger partial charge is 0.504 e. The van der Waals surface area contributed by atoms with Crippen LogP contribution in [0, 0.1) is 5.92 Å². The van der Waals surface area contributed by atoms with Gasteiger partial charge in [0, 0.05) is 24.1 Å². The van der Waals surface area contributed by atoms with Gasteiger partial charge in [0.2, 0.25) is 0 Å². The van der Waals surface area contributed by atoms with Gasteiger partial charge in [0.05, 0.1) is 13.2 Å². The second-order valence-electron chi connectivity index (χ2n) is 7.55. The third-order valence-corrected chi connectivity index (χ3v) is 6.79. The van der Waals surface area contributed by atoms with Crippen molar-refractivity contribution in [2.45, 2.75) is 49.7 Å². The number of benzene rings is 1. The van der Waals surface area contributed by atoms with Gasteiger partial charge in [-0.05, 0) is 63.2 Å². The molecule has 2 fully saturated rings. The third-order valence-electron chi connectivity index (χ3n) is 6.79. The predicted molar refractivity (Wildman–Crippen MR) is 89.2 cm³/mol. The number of aromatic hydroxyl groups is 1. The molecule has 0 aromatic heterocycles. The summed E-state index contributed by atoms with van der Waals surface area (Å²) >= 11 is 0. The summed E-state index contributed by atoms with van der Waals surface area (Å²) < 4.78 is 11.1. The maximum atomic E-state index is 10.9. The van der Waals surface area contributed by atoms with E-state index in [-0.39, 0.29) is 5.41 Å². The zero-order chi connectivity index (χ0) is 16.2. The first-order chi connectivity index (χ1) is 11.1. The van der Waals surface area contributed by atoms with Gasteiger partial charge < -0.3 is 19.5 Å². The van der Waals surface area contributed by atoms with Crippen LogP contribution in [0.5, 0.6) is 11.5 Å². The van der Waals surface area contributed by atoms with Crippen LogP contribution in [0.15, 0.2) is 12.1 Å². The summed E-state index contributed by atoms with van der Waals surface area (Å²) in [6.07, 6.45) is 5.78. The Morgan fingerprint density at radius 1 is 1.26 bits per heavy atom. The maximum Gasteiger partial charge on any atom is 0.161 e. The number of fused-ring (bicyclic) bond motifs is 1. The molecule has 4 nitrogen and oxygen atoms in total. The SMILES string of the molecule is COc1ccc2c(c1O)[C@]13CCC(OC)CC1C(C2)N(C)CC3. The van der Waals surface area contributed by atoms with Crippen LogP contribution in [-0.4, -0.2) is 50.0 Å². The highest BCUT2D eigenvalue weighted by Crippen LogP contribution is 2.59. The van der Waals surface area contributed by atoms with Crippen LogP contribution in [0.3, 0.4) is 0 Å². The van der Waals surface area contributed by atoms with Gasteiger partial charge in [-0.15, -0.1) is 0 Å². The quantitative estimate of drug-likeness (QED) is 0.911. The lowest BCUT2D eigenvalue weighted by atomic mass is 9.51. The third kappa shape index (κ3) is 2.04. The fourth-order valence-electron chi connectivity index (χ4n) is 5.59. The van der Waals surface area contributed by atoms with E-state index in [0.29, 0.717) is 29.6 Å². The lowest BCUT2D eigenvalue weighted by Gasteiger charge is -2.59. The van der Waals surface area contributed by atoms with Gasteiger partial charge in [0.1, 0.15) is 0 Å². The Balaban J connectivity index is 1.87. The summed E-state index contributed by atoms with van der Waals surface area (Å²) in [5.41, 5.74) is 2.59. The van der Waals surface area contributed by atoms with E-state index >= 15 is 0 Å². The van der Waals surface area contributed by atoms with Gasteiger partial charge in [0.15, 0.2) is 11.5 Å². The first-order valence-electron chi connectivity index (χ1n) is 8.73. The molecule has 1 aromatic carbocycles. The van der Waals surface area contributed by atoms with Crippen molar-refractivity contribution in [1.82, 2.24) is 4.90 Å². The second-order valence-corrected chi connectivity index (χ2v) is 7.55. The van der Waals surface area contributed by atoms with Gasteiger partial charge >= 0.3 is 0 Å².